The van der Waals surface area contributed by atoms with E-state index in [1.54, 1.807) is 6.08 Å². The number of hydrogen-bond donors (Lipinski definition) is 0. The van der Waals surface area contributed by atoms with E-state index in [4.69, 9.17) is 4.74 Å². The van der Waals surface area contributed by atoms with Crippen molar-refractivity contribution in [3.05, 3.63) is 65.4 Å². The number of rotatable bonds is 6. The summed E-state index contributed by atoms with van der Waals surface area (Å²) >= 11 is 0. The largest absolute Gasteiger partial charge is 0.460 e. The smallest absolute Gasteiger partial charge is 0.311 e. The molecule has 0 bridgehead atoms. The molecule has 0 spiro atoms. The molecule has 0 aliphatic rings. The third-order valence-corrected chi connectivity index (χ3v) is 3.22. The van der Waals surface area contributed by atoms with Crippen LogP contribution in [0.2, 0.25) is 0 Å². The van der Waals surface area contributed by atoms with Crippen molar-refractivity contribution in [2.75, 3.05) is 6.61 Å². The van der Waals surface area contributed by atoms with Crippen LogP contribution in [0.3, 0.4) is 0 Å². The summed E-state index contributed by atoms with van der Waals surface area (Å²) in [6.45, 7) is 11.6. The molecule has 0 aliphatic carbocycles. The number of carbonyl (C=O) groups excluding carboxylic acids is 1. The van der Waals surface area contributed by atoms with Crippen LogP contribution in [-0.2, 0) is 16.0 Å². The molecule has 2 heteroatoms. The Bertz CT molecular complexity index is 567. The van der Waals surface area contributed by atoms with Crippen molar-refractivity contribution in [1.29, 1.82) is 0 Å². The van der Waals surface area contributed by atoms with Crippen LogP contribution in [0, 0.1) is 5.41 Å². The van der Waals surface area contributed by atoms with Crippen LogP contribution in [0.25, 0.3) is 0 Å². The van der Waals surface area contributed by atoms with Gasteiger partial charge in [-0.05, 0) is 51.7 Å². The van der Waals surface area contributed by atoms with Crippen molar-refractivity contribution in [2.24, 2.45) is 5.41 Å². The molecular formula is C20H26O2. The van der Waals surface area contributed by atoms with Crippen LogP contribution >= 0.6 is 0 Å². The molecule has 1 aromatic rings. The van der Waals surface area contributed by atoms with E-state index < -0.39 is 5.41 Å². The van der Waals surface area contributed by atoms with Gasteiger partial charge in [-0.1, -0.05) is 43.0 Å². The third-order valence-electron chi connectivity index (χ3n) is 3.22. The van der Waals surface area contributed by atoms with Crippen LogP contribution in [-0.4, -0.2) is 12.6 Å². The van der Waals surface area contributed by atoms with Crippen molar-refractivity contribution < 1.29 is 9.53 Å². The zero-order chi connectivity index (χ0) is 16.6. The van der Waals surface area contributed by atoms with Gasteiger partial charge in [0.05, 0.1) is 5.41 Å². The molecule has 0 N–H and O–H groups in total. The first-order valence-electron chi connectivity index (χ1n) is 7.62. The zero-order valence-electron chi connectivity index (χ0n) is 14.1. The second-order valence-electron chi connectivity index (χ2n) is 6.45. The summed E-state index contributed by atoms with van der Waals surface area (Å²) in [6, 6.07) is 10.4. The molecule has 1 aromatic carbocycles. The van der Waals surface area contributed by atoms with Gasteiger partial charge in [0.15, 0.2) is 0 Å². The molecule has 0 saturated heterocycles. The minimum absolute atomic E-state index is 0.212. The average molecular weight is 298 g/mol. The number of ether oxygens (including phenoxy) is 1. The van der Waals surface area contributed by atoms with E-state index in [0.717, 1.165) is 24.0 Å². The maximum Gasteiger partial charge on any atom is 0.311 e. The fraction of sp³-hybridized carbons (Fsp3) is 0.400. The highest BCUT2D eigenvalue weighted by molar-refractivity contribution is 5.75. The van der Waals surface area contributed by atoms with Gasteiger partial charge in [0.1, 0.15) is 6.61 Å². The summed E-state index contributed by atoms with van der Waals surface area (Å²) in [7, 11) is 0. The van der Waals surface area contributed by atoms with Crippen LogP contribution in [0.5, 0.6) is 0 Å². The molecular weight excluding hydrogens is 272 g/mol. The minimum Gasteiger partial charge on any atom is -0.460 e. The molecule has 1 rings (SSSR count). The lowest BCUT2D eigenvalue weighted by molar-refractivity contribution is -0.151. The third kappa shape index (κ3) is 6.60. The maximum absolute atomic E-state index is 11.8. The highest BCUT2D eigenvalue weighted by Gasteiger charge is 2.22. The van der Waals surface area contributed by atoms with E-state index in [9.17, 15) is 4.79 Å². The van der Waals surface area contributed by atoms with Gasteiger partial charge in [-0.15, -0.1) is 5.73 Å². The second-order valence-corrected chi connectivity index (χ2v) is 6.45. The van der Waals surface area contributed by atoms with Crippen molar-refractivity contribution in [1.82, 2.24) is 0 Å². The minimum atomic E-state index is -0.488. The normalized spacial score (nSPS) is 10.5. The van der Waals surface area contributed by atoms with E-state index in [-0.39, 0.29) is 12.6 Å². The Labute approximate surface area is 134 Å². The number of aryl methyl sites for hydroxylation is 1. The van der Waals surface area contributed by atoms with E-state index in [0.29, 0.717) is 0 Å². The van der Waals surface area contributed by atoms with Crippen molar-refractivity contribution in [3.8, 4) is 0 Å². The van der Waals surface area contributed by atoms with E-state index in [2.05, 4.69) is 24.4 Å². The molecule has 2 nitrogen and oxygen atoms in total. The molecule has 0 aromatic heterocycles. The summed E-state index contributed by atoms with van der Waals surface area (Å²) in [5.74, 6) is -0.212. The zero-order valence-corrected chi connectivity index (χ0v) is 14.1. The molecule has 0 saturated carbocycles. The SMILES string of the molecule is C=CC(=C=C(C)CCc1ccccc1)COC(=O)C(C)(C)C. The van der Waals surface area contributed by atoms with Gasteiger partial charge < -0.3 is 4.74 Å². The molecule has 0 aliphatic heterocycles. The van der Waals surface area contributed by atoms with E-state index in [1.807, 2.05) is 45.9 Å². The van der Waals surface area contributed by atoms with Crippen molar-refractivity contribution in [3.63, 3.8) is 0 Å². The van der Waals surface area contributed by atoms with Gasteiger partial charge in [-0.2, -0.15) is 0 Å². The average Bonchev–Trinajstić information content (AvgIpc) is 2.49. The molecule has 22 heavy (non-hydrogen) atoms. The predicted molar refractivity (Wildman–Crippen MR) is 91.6 cm³/mol. The molecule has 0 unspecified atom stereocenters. The molecule has 0 fully saturated rings. The highest BCUT2D eigenvalue weighted by Crippen LogP contribution is 2.16. The summed E-state index contributed by atoms with van der Waals surface area (Å²) in [5, 5.41) is 0. The summed E-state index contributed by atoms with van der Waals surface area (Å²) in [5.41, 5.74) is 6.04. The Kier molecular flexibility index (Phi) is 6.88. The highest BCUT2D eigenvalue weighted by atomic mass is 16.5. The Morgan fingerprint density at radius 1 is 1.27 bits per heavy atom. The van der Waals surface area contributed by atoms with Gasteiger partial charge >= 0.3 is 5.97 Å². The van der Waals surface area contributed by atoms with Crippen molar-refractivity contribution >= 4 is 5.97 Å². The Morgan fingerprint density at radius 2 is 1.91 bits per heavy atom. The number of hydrogen-bond acceptors (Lipinski definition) is 2. The Morgan fingerprint density at radius 3 is 2.45 bits per heavy atom. The number of benzene rings is 1. The quantitative estimate of drug-likeness (QED) is 0.425. The molecule has 0 atom stereocenters. The van der Waals surface area contributed by atoms with Crippen LogP contribution < -0.4 is 0 Å². The fourth-order valence-electron chi connectivity index (χ4n) is 1.82. The second kappa shape index (κ2) is 8.41. The first kappa shape index (κ1) is 18.0. The lowest BCUT2D eigenvalue weighted by Gasteiger charge is -2.16. The molecule has 118 valence electrons. The first-order chi connectivity index (χ1) is 10.3. The van der Waals surface area contributed by atoms with E-state index in [1.165, 1.54) is 5.56 Å². The maximum atomic E-state index is 11.8. The number of carbonyl (C=O) groups is 1. The Balaban J connectivity index is 2.64. The fourth-order valence-corrected chi connectivity index (χ4v) is 1.82. The van der Waals surface area contributed by atoms with Crippen LogP contribution in [0.15, 0.2) is 59.9 Å². The topological polar surface area (TPSA) is 26.3 Å². The molecule has 0 amide bonds. The van der Waals surface area contributed by atoms with Crippen molar-refractivity contribution in [2.45, 2.75) is 40.5 Å². The summed E-state index contributed by atoms with van der Waals surface area (Å²) in [4.78, 5) is 11.8. The predicted octanol–water partition coefficient (Wildman–Crippen LogP) is 4.87. The van der Waals surface area contributed by atoms with Crippen LogP contribution in [0.4, 0.5) is 0 Å². The number of esters is 1. The summed E-state index contributed by atoms with van der Waals surface area (Å²) in [6.07, 6.45) is 3.60. The Hall–Kier alpha value is -2.05. The first-order valence-corrected chi connectivity index (χ1v) is 7.62. The standard InChI is InChI=1S/C20H26O2/c1-6-17(15-22-19(21)20(3,4)5)14-16(2)12-13-18-10-8-7-9-11-18/h6-11H,1,12-13,15H2,2-5H3. The lowest BCUT2D eigenvalue weighted by atomic mass is 9.97. The molecule has 0 radical (unpaired) electrons. The van der Waals surface area contributed by atoms with Gasteiger partial charge in [0.2, 0.25) is 0 Å². The van der Waals surface area contributed by atoms with Gasteiger partial charge in [-0.3, -0.25) is 4.79 Å². The lowest BCUT2D eigenvalue weighted by Crippen LogP contribution is -2.23. The van der Waals surface area contributed by atoms with Crippen LogP contribution in [0.1, 0.15) is 39.7 Å². The monoisotopic (exact) mass is 298 g/mol. The van der Waals surface area contributed by atoms with E-state index >= 15 is 0 Å². The van der Waals surface area contributed by atoms with Gasteiger partial charge in [0.25, 0.3) is 0 Å². The van der Waals surface area contributed by atoms with Gasteiger partial charge in [0, 0.05) is 5.57 Å². The van der Waals surface area contributed by atoms with Gasteiger partial charge in [-0.25, -0.2) is 0 Å². The molecule has 0 heterocycles. The summed E-state index contributed by atoms with van der Waals surface area (Å²) < 4.78 is 5.30.